The number of amides is 3. The van der Waals surface area contributed by atoms with Crippen molar-refractivity contribution in [3.8, 4) is 0 Å². The minimum atomic E-state index is -0.886. The lowest BCUT2D eigenvalue weighted by atomic mass is 10.1. The molecule has 0 bridgehead atoms. The van der Waals surface area contributed by atoms with Crippen LogP contribution in [0.2, 0.25) is 0 Å². The van der Waals surface area contributed by atoms with Crippen LogP contribution in [0.1, 0.15) is 39.5 Å². The van der Waals surface area contributed by atoms with Gasteiger partial charge in [-0.05, 0) is 32.9 Å². The molecule has 1 atom stereocenters. The zero-order valence-corrected chi connectivity index (χ0v) is 28.7. The molecular formula is C31H61N7O8. The van der Waals surface area contributed by atoms with E-state index in [1.807, 2.05) is 23.8 Å². The molecule has 0 unspecified atom stereocenters. The SMILES string of the molecule is CCCOCCOCCCNC(=O)[C@@H](CCC(=O)NCCOC)NC(=O)CN1CCN(CC)CCN(C)CCN(CC(=O)O)CC1. The van der Waals surface area contributed by atoms with Gasteiger partial charge in [0.05, 0.1) is 32.9 Å². The van der Waals surface area contributed by atoms with E-state index in [1.165, 1.54) is 0 Å². The van der Waals surface area contributed by atoms with E-state index in [2.05, 4.69) is 32.7 Å². The maximum atomic E-state index is 13.3. The van der Waals surface area contributed by atoms with E-state index >= 15 is 0 Å². The van der Waals surface area contributed by atoms with Crippen LogP contribution in [0.25, 0.3) is 0 Å². The van der Waals surface area contributed by atoms with Crippen molar-refractivity contribution in [2.24, 2.45) is 0 Å². The molecule has 0 aromatic heterocycles. The topological polar surface area (TPSA) is 165 Å². The third kappa shape index (κ3) is 21.4. The summed E-state index contributed by atoms with van der Waals surface area (Å²) < 4.78 is 15.9. The number of nitrogens with one attached hydrogen (secondary N) is 3. The Morgan fingerprint density at radius 2 is 1.35 bits per heavy atom. The first-order valence-electron chi connectivity index (χ1n) is 16.7. The number of carboxylic acids is 1. The second-order valence-corrected chi connectivity index (χ2v) is 11.6. The predicted molar refractivity (Wildman–Crippen MR) is 176 cm³/mol. The maximum Gasteiger partial charge on any atom is 0.317 e. The third-order valence-corrected chi connectivity index (χ3v) is 7.66. The summed E-state index contributed by atoms with van der Waals surface area (Å²) in [6.07, 6.45) is 1.77. The van der Waals surface area contributed by atoms with Gasteiger partial charge in [-0.25, -0.2) is 0 Å². The Bertz CT molecular complexity index is 854. The molecule has 1 aliphatic heterocycles. The average Bonchev–Trinajstić information content (AvgIpc) is 3.02. The number of methoxy groups -OCH3 is 1. The first-order chi connectivity index (χ1) is 22.2. The van der Waals surface area contributed by atoms with Crippen molar-refractivity contribution >= 4 is 23.7 Å². The highest BCUT2D eigenvalue weighted by atomic mass is 16.5. The fourth-order valence-electron chi connectivity index (χ4n) is 4.80. The van der Waals surface area contributed by atoms with E-state index in [4.69, 9.17) is 14.2 Å². The van der Waals surface area contributed by atoms with Crippen molar-refractivity contribution in [3.05, 3.63) is 0 Å². The monoisotopic (exact) mass is 659 g/mol. The number of rotatable bonds is 22. The summed E-state index contributed by atoms with van der Waals surface area (Å²) in [7, 11) is 3.59. The zero-order chi connectivity index (χ0) is 34.0. The first kappa shape index (κ1) is 41.6. The second-order valence-electron chi connectivity index (χ2n) is 11.6. The summed E-state index contributed by atoms with van der Waals surface area (Å²) in [5.41, 5.74) is 0. The van der Waals surface area contributed by atoms with Gasteiger partial charge in [-0.15, -0.1) is 0 Å². The highest BCUT2D eigenvalue weighted by Gasteiger charge is 2.24. The number of likely N-dealkylation sites (N-methyl/N-ethyl adjacent to an activating group) is 2. The Labute approximate surface area is 275 Å². The second kappa shape index (κ2) is 26.6. The lowest BCUT2D eigenvalue weighted by molar-refractivity contribution is -0.138. The Morgan fingerprint density at radius 3 is 1.98 bits per heavy atom. The van der Waals surface area contributed by atoms with Crippen molar-refractivity contribution in [1.29, 1.82) is 0 Å². The molecule has 1 rings (SSSR count). The molecule has 15 heteroatoms. The van der Waals surface area contributed by atoms with Crippen LogP contribution in [0.5, 0.6) is 0 Å². The quantitative estimate of drug-likeness (QED) is 0.104. The summed E-state index contributed by atoms with van der Waals surface area (Å²) in [4.78, 5) is 58.7. The zero-order valence-electron chi connectivity index (χ0n) is 28.7. The van der Waals surface area contributed by atoms with Gasteiger partial charge in [0.2, 0.25) is 17.7 Å². The fourth-order valence-corrected chi connectivity index (χ4v) is 4.80. The minimum Gasteiger partial charge on any atom is -0.480 e. The molecule has 0 aliphatic carbocycles. The third-order valence-electron chi connectivity index (χ3n) is 7.66. The van der Waals surface area contributed by atoms with Crippen LogP contribution in [-0.2, 0) is 33.4 Å². The maximum absolute atomic E-state index is 13.3. The van der Waals surface area contributed by atoms with E-state index < -0.39 is 12.0 Å². The molecule has 0 saturated carbocycles. The first-order valence-corrected chi connectivity index (χ1v) is 16.7. The minimum absolute atomic E-state index is 0.0517. The van der Waals surface area contributed by atoms with Gasteiger partial charge in [-0.2, -0.15) is 0 Å². The largest absolute Gasteiger partial charge is 0.480 e. The molecule has 1 fully saturated rings. The number of carboxylic acid groups (broad SMARTS) is 1. The van der Waals surface area contributed by atoms with Crippen LogP contribution in [0.3, 0.4) is 0 Å². The van der Waals surface area contributed by atoms with Gasteiger partial charge in [-0.3, -0.25) is 29.0 Å². The summed E-state index contributed by atoms with van der Waals surface area (Å²) in [5, 5.41) is 17.9. The molecule has 46 heavy (non-hydrogen) atoms. The summed E-state index contributed by atoms with van der Waals surface area (Å²) in [6.45, 7) is 13.8. The molecule has 0 aromatic carbocycles. The lowest BCUT2D eigenvalue weighted by Gasteiger charge is -2.32. The van der Waals surface area contributed by atoms with E-state index in [1.54, 1.807) is 7.11 Å². The van der Waals surface area contributed by atoms with Crippen molar-refractivity contribution < 1.29 is 38.5 Å². The molecule has 4 N–H and O–H groups in total. The predicted octanol–water partition coefficient (Wildman–Crippen LogP) is -1.08. The van der Waals surface area contributed by atoms with Gasteiger partial charge in [0.15, 0.2) is 0 Å². The normalized spacial score (nSPS) is 17.0. The molecule has 0 radical (unpaired) electrons. The van der Waals surface area contributed by atoms with Crippen LogP contribution in [0.15, 0.2) is 0 Å². The van der Waals surface area contributed by atoms with Gasteiger partial charge >= 0.3 is 5.97 Å². The van der Waals surface area contributed by atoms with Crippen molar-refractivity contribution in [2.75, 3.05) is 132 Å². The standard InChI is InChI=1S/C31H61N7O8/c1-5-20-45-23-24-46-21-7-10-33-31(43)27(8-9-28(39)32-11-22-44-4)34-29(40)25-37-17-16-36(6-2)14-12-35(3)13-15-38(19-18-37)26-30(41)42/h27H,5-26H2,1-4H3,(H,32,39)(H,33,43)(H,34,40)(H,41,42)/t27-/m1/s1. The average molecular weight is 660 g/mol. The number of carbonyl (C=O) groups excluding carboxylic acids is 3. The number of hydrogen-bond acceptors (Lipinski definition) is 11. The Hall–Kier alpha value is -2.40. The molecule has 268 valence electrons. The Morgan fingerprint density at radius 1 is 0.739 bits per heavy atom. The van der Waals surface area contributed by atoms with Crippen LogP contribution in [-0.4, -0.2) is 187 Å². The molecule has 1 aliphatic rings. The molecular weight excluding hydrogens is 598 g/mol. The van der Waals surface area contributed by atoms with Crippen molar-refractivity contribution in [3.63, 3.8) is 0 Å². The number of ether oxygens (including phenoxy) is 3. The van der Waals surface area contributed by atoms with Crippen molar-refractivity contribution in [1.82, 2.24) is 35.6 Å². The smallest absolute Gasteiger partial charge is 0.317 e. The van der Waals surface area contributed by atoms with Gasteiger partial charge in [0.1, 0.15) is 6.04 Å². The number of aliphatic carboxylic acids is 1. The lowest BCUT2D eigenvalue weighted by Crippen LogP contribution is -2.52. The summed E-state index contributed by atoms with van der Waals surface area (Å²) in [5.74, 6) is -1.79. The molecule has 0 spiro atoms. The molecule has 15 nitrogen and oxygen atoms in total. The summed E-state index contributed by atoms with van der Waals surface area (Å²) in [6, 6.07) is -0.886. The van der Waals surface area contributed by atoms with E-state index in [0.717, 1.165) is 39.1 Å². The van der Waals surface area contributed by atoms with Gasteiger partial charge < -0.3 is 45.1 Å². The van der Waals surface area contributed by atoms with Crippen LogP contribution >= 0.6 is 0 Å². The molecule has 1 saturated heterocycles. The summed E-state index contributed by atoms with van der Waals surface area (Å²) >= 11 is 0. The highest BCUT2D eigenvalue weighted by molar-refractivity contribution is 5.89. The fraction of sp³-hybridized carbons (Fsp3) is 0.871. The van der Waals surface area contributed by atoms with Gasteiger partial charge in [0.25, 0.3) is 0 Å². The molecule has 0 aromatic rings. The Kier molecular flexibility index (Phi) is 24.1. The van der Waals surface area contributed by atoms with Crippen LogP contribution in [0.4, 0.5) is 0 Å². The molecule has 3 amide bonds. The number of nitrogens with zero attached hydrogens (tertiary/aromatic N) is 4. The molecule has 1 heterocycles. The van der Waals surface area contributed by atoms with Crippen molar-refractivity contribution in [2.45, 2.75) is 45.6 Å². The highest BCUT2D eigenvalue weighted by Crippen LogP contribution is 2.03. The Balaban J connectivity index is 2.80. The number of hydrogen-bond donors (Lipinski definition) is 4. The van der Waals surface area contributed by atoms with Gasteiger partial charge in [-0.1, -0.05) is 13.8 Å². The van der Waals surface area contributed by atoms with Gasteiger partial charge in [0, 0.05) is 92.2 Å². The van der Waals surface area contributed by atoms with E-state index in [0.29, 0.717) is 78.7 Å². The van der Waals surface area contributed by atoms with Crippen LogP contribution in [0, 0.1) is 0 Å². The number of carbonyl (C=O) groups is 4. The van der Waals surface area contributed by atoms with E-state index in [-0.39, 0.29) is 43.7 Å². The van der Waals surface area contributed by atoms with E-state index in [9.17, 15) is 24.3 Å². The van der Waals surface area contributed by atoms with Crippen LogP contribution < -0.4 is 16.0 Å².